The summed E-state index contributed by atoms with van der Waals surface area (Å²) in [4.78, 5) is 4.35. The van der Waals surface area contributed by atoms with Crippen molar-refractivity contribution in [3.05, 3.63) is 59.7 Å². The zero-order chi connectivity index (χ0) is 18.8. The van der Waals surface area contributed by atoms with Crippen molar-refractivity contribution in [2.24, 2.45) is 10.7 Å². The minimum absolute atomic E-state index is 0.104. The Morgan fingerprint density at radius 1 is 1.08 bits per heavy atom. The van der Waals surface area contributed by atoms with E-state index in [1.54, 1.807) is 14.2 Å². The fourth-order valence-electron chi connectivity index (χ4n) is 2.43. The second-order valence-corrected chi connectivity index (χ2v) is 5.96. The van der Waals surface area contributed by atoms with Crippen LogP contribution in [-0.2, 0) is 17.9 Å². The smallest absolute Gasteiger partial charge is 0.189 e. The van der Waals surface area contributed by atoms with E-state index in [2.05, 4.69) is 10.3 Å². The molecular formula is C20H27N3O3. The Hall–Kier alpha value is -2.73. The molecule has 140 valence electrons. The van der Waals surface area contributed by atoms with Gasteiger partial charge in [-0.25, -0.2) is 4.99 Å². The van der Waals surface area contributed by atoms with Crippen molar-refractivity contribution in [2.45, 2.75) is 26.1 Å². The van der Waals surface area contributed by atoms with E-state index in [1.165, 1.54) is 0 Å². The second kappa shape index (κ2) is 10.3. The summed E-state index contributed by atoms with van der Waals surface area (Å²) in [6, 6.07) is 15.9. The molecule has 0 amide bonds. The summed E-state index contributed by atoms with van der Waals surface area (Å²) in [5, 5.41) is 3.08. The Morgan fingerprint density at radius 3 is 2.54 bits per heavy atom. The van der Waals surface area contributed by atoms with E-state index in [-0.39, 0.29) is 6.04 Å². The number of nitrogens with zero attached hydrogens (tertiary/aromatic N) is 1. The molecule has 0 aliphatic rings. The molecular weight excluding hydrogens is 330 g/mol. The Balaban J connectivity index is 1.96. The summed E-state index contributed by atoms with van der Waals surface area (Å²) >= 11 is 0. The Labute approximate surface area is 155 Å². The van der Waals surface area contributed by atoms with Gasteiger partial charge in [-0.2, -0.15) is 0 Å². The van der Waals surface area contributed by atoms with Gasteiger partial charge in [-0.1, -0.05) is 36.4 Å². The molecule has 6 nitrogen and oxygen atoms in total. The zero-order valence-corrected chi connectivity index (χ0v) is 15.6. The number of benzene rings is 2. The van der Waals surface area contributed by atoms with Crippen LogP contribution in [0.15, 0.2) is 53.5 Å². The number of rotatable bonds is 9. The molecule has 2 aromatic rings. The maximum Gasteiger partial charge on any atom is 0.189 e. The maximum absolute atomic E-state index is 5.89. The third-order valence-corrected chi connectivity index (χ3v) is 3.71. The summed E-state index contributed by atoms with van der Waals surface area (Å²) in [5.41, 5.74) is 7.98. The summed E-state index contributed by atoms with van der Waals surface area (Å²) in [5.74, 6) is 1.76. The summed E-state index contributed by atoms with van der Waals surface area (Å²) < 4.78 is 16.4. The number of hydrogen-bond acceptors (Lipinski definition) is 4. The van der Waals surface area contributed by atoms with Gasteiger partial charge < -0.3 is 25.3 Å². The van der Waals surface area contributed by atoms with E-state index in [1.807, 2.05) is 55.5 Å². The predicted octanol–water partition coefficient (Wildman–Crippen LogP) is 2.71. The topological polar surface area (TPSA) is 78.1 Å². The molecule has 0 fully saturated rings. The minimum Gasteiger partial charge on any atom is -0.493 e. The average molecular weight is 357 g/mol. The first-order valence-electron chi connectivity index (χ1n) is 8.51. The molecule has 2 rings (SSSR count). The van der Waals surface area contributed by atoms with Gasteiger partial charge in [0.15, 0.2) is 17.5 Å². The summed E-state index contributed by atoms with van der Waals surface area (Å²) in [7, 11) is 3.28. The molecule has 1 atom stereocenters. The van der Waals surface area contributed by atoms with E-state index in [4.69, 9.17) is 19.9 Å². The summed E-state index contributed by atoms with van der Waals surface area (Å²) in [6.45, 7) is 3.49. The number of hydrogen-bond donors (Lipinski definition) is 2. The van der Waals surface area contributed by atoms with Gasteiger partial charge in [-0.05, 0) is 30.2 Å². The number of nitrogens with two attached hydrogens (primary N) is 1. The molecule has 0 aliphatic carbocycles. The van der Waals surface area contributed by atoms with Crippen molar-refractivity contribution in [3.8, 4) is 11.5 Å². The molecule has 0 spiro atoms. The van der Waals surface area contributed by atoms with Gasteiger partial charge >= 0.3 is 0 Å². The molecule has 0 bridgehead atoms. The molecule has 0 radical (unpaired) electrons. The summed E-state index contributed by atoms with van der Waals surface area (Å²) in [6.07, 6.45) is 0. The molecule has 1 unspecified atom stereocenters. The molecule has 26 heavy (non-hydrogen) atoms. The fourth-order valence-corrected chi connectivity index (χ4v) is 2.43. The van der Waals surface area contributed by atoms with Gasteiger partial charge in [0, 0.05) is 13.2 Å². The molecule has 0 saturated heterocycles. The van der Waals surface area contributed by atoms with Crippen molar-refractivity contribution in [1.82, 2.24) is 5.32 Å². The van der Waals surface area contributed by atoms with Crippen molar-refractivity contribution < 1.29 is 14.2 Å². The number of ether oxygens (including phenoxy) is 3. The Morgan fingerprint density at radius 2 is 1.85 bits per heavy atom. The van der Waals surface area contributed by atoms with Gasteiger partial charge in [0.25, 0.3) is 0 Å². The number of methoxy groups -OCH3 is 2. The van der Waals surface area contributed by atoms with Gasteiger partial charge in [0.1, 0.15) is 6.61 Å². The first-order valence-corrected chi connectivity index (χ1v) is 8.51. The van der Waals surface area contributed by atoms with Crippen LogP contribution in [0.3, 0.4) is 0 Å². The normalized spacial score (nSPS) is 12.5. The van der Waals surface area contributed by atoms with Crippen LogP contribution in [0.4, 0.5) is 0 Å². The van der Waals surface area contributed by atoms with E-state index < -0.39 is 0 Å². The standard InChI is InChI=1S/C20H27N3O3/c1-15(13-24-2)23-20(21)22-12-17-9-10-18(19(11-17)25-3)26-14-16-7-5-4-6-8-16/h4-11,15H,12-14H2,1-3H3,(H3,21,22,23). The van der Waals surface area contributed by atoms with Crippen molar-refractivity contribution in [1.29, 1.82) is 0 Å². The van der Waals surface area contributed by atoms with Crippen LogP contribution in [0.2, 0.25) is 0 Å². The zero-order valence-electron chi connectivity index (χ0n) is 15.6. The van der Waals surface area contributed by atoms with E-state index in [9.17, 15) is 0 Å². The second-order valence-electron chi connectivity index (χ2n) is 5.96. The highest BCUT2D eigenvalue weighted by atomic mass is 16.5. The first-order chi connectivity index (χ1) is 12.6. The molecule has 3 N–H and O–H groups in total. The lowest BCUT2D eigenvalue weighted by atomic mass is 10.2. The maximum atomic E-state index is 5.89. The van der Waals surface area contributed by atoms with Crippen LogP contribution >= 0.6 is 0 Å². The van der Waals surface area contributed by atoms with Gasteiger partial charge in [0.05, 0.1) is 20.3 Å². The molecule has 0 aromatic heterocycles. The van der Waals surface area contributed by atoms with Gasteiger partial charge in [-0.3, -0.25) is 0 Å². The fraction of sp³-hybridized carbons (Fsp3) is 0.350. The first kappa shape index (κ1) is 19.6. The van der Waals surface area contributed by atoms with Crippen molar-refractivity contribution >= 4 is 5.96 Å². The highest BCUT2D eigenvalue weighted by Gasteiger charge is 2.07. The predicted molar refractivity (Wildman–Crippen MR) is 104 cm³/mol. The Bertz CT molecular complexity index is 705. The lowest BCUT2D eigenvalue weighted by Crippen LogP contribution is -2.40. The minimum atomic E-state index is 0.104. The Kier molecular flexibility index (Phi) is 7.76. The van der Waals surface area contributed by atoms with Crippen LogP contribution in [-0.4, -0.2) is 32.8 Å². The monoisotopic (exact) mass is 357 g/mol. The van der Waals surface area contributed by atoms with E-state index in [0.717, 1.165) is 11.1 Å². The third kappa shape index (κ3) is 6.29. The van der Waals surface area contributed by atoms with Crippen LogP contribution in [0.1, 0.15) is 18.1 Å². The number of nitrogens with one attached hydrogen (secondary N) is 1. The molecule has 2 aromatic carbocycles. The van der Waals surface area contributed by atoms with Crippen molar-refractivity contribution in [3.63, 3.8) is 0 Å². The quantitative estimate of drug-likeness (QED) is 0.533. The SMILES string of the molecule is COCC(C)NC(N)=NCc1ccc(OCc2ccccc2)c(OC)c1. The lowest BCUT2D eigenvalue weighted by molar-refractivity contribution is 0.179. The number of aliphatic imine (C=N–C) groups is 1. The largest absolute Gasteiger partial charge is 0.493 e. The van der Waals surface area contributed by atoms with Crippen molar-refractivity contribution in [2.75, 3.05) is 20.8 Å². The molecule has 6 heteroatoms. The van der Waals surface area contributed by atoms with Crippen LogP contribution in [0.5, 0.6) is 11.5 Å². The van der Waals surface area contributed by atoms with E-state index >= 15 is 0 Å². The number of guanidine groups is 1. The lowest BCUT2D eigenvalue weighted by Gasteiger charge is -2.14. The van der Waals surface area contributed by atoms with E-state index in [0.29, 0.717) is 37.2 Å². The average Bonchev–Trinajstić information content (AvgIpc) is 2.66. The van der Waals surface area contributed by atoms with Crippen LogP contribution < -0.4 is 20.5 Å². The molecule has 0 heterocycles. The molecule has 0 saturated carbocycles. The van der Waals surface area contributed by atoms with Crippen LogP contribution in [0.25, 0.3) is 0 Å². The van der Waals surface area contributed by atoms with Crippen LogP contribution in [0, 0.1) is 0 Å². The van der Waals surface area contributed by atoms with Gasteiger partial charge in [0.2, 0.25) is 0 Å². The molecule has 0 aliphatic heterocycles. The third-order valence-electron chi connectivity index (χ3n) is 3.71. The highest BCUT2D eigenvalue weighted by molar-refractivity contribution is 5.78. The van der Waals surface area contributed by atoms with Gasteiger partial charge in [-0.15, -0.1) is 0 Å². The highest BCUT2D eigenvalue weighted by Crippen LogP contribution is 2.29.